The van der Waals surface area contributed by atoms with E-state index in [0.717, 1.165) is 47.9 Å². The molecule has 0 amide bonds. The lowest BCUT2D eigenvalue weighted by Gasteiger charge is -2.13. The summed E-state index contributed by atoms with van der Waals surface area (Å²) in [6.45, 7) is 2.07. The van der Waals surface area contributed by atoms with Crippen LogP contribution in [0.1, 0.15) is 16.8 Å². The third-order valence-electron chi connectivity index (χ3n) is 4.45. The molecule has 0 aliphatic carbocycles. The molecule has 4 rings (SSSR count). The molecule has 130 valence electrons. The number of thioether (sulfide) groups is 1. The lowest BCUT2D eigenvalue weighted by Crippen LogP contribution is -2.16. The maximum atomic E-state index is 6.51. The third kappa shape index (κ3) is 4.12. The Bertz CT molecular complexity index is 883. The Labute approximate surface area is 163 Å². The fraction of sp³-hybridized carbons (Fsp3) is 0.250. The fourth-order valence-corrected chi connectivity index (χ4v) is 4.61. The van der Waals surface area contributed by atoms with E-state index in [9.17, 15) is 0 Å². The predicted molar refractivity (Wildman–Crippen MR) is 110 cm³/mol. The van der Waals surface area contributed by atoms with Crippen molar-refractivity contribution in [2.24, 2.45) is 0 Å². The smallest absolute Gasteiger partial charge is 0.0705 e. The lowest BCUT2D eigenvalue weighted by atomic mass is 10.0. The van der Waals surface area contributed by atoms with Gasteiger partial charge < -0.3 is 5.32 Å². The topological polar surface area (TPSA) is 24.9 Å². The van der Waals surface area contributed by atoms with Gasteiger partial charge in [0.1, 0.15) is 0 Å². The van der Waals surface area contributed by atoms with E-state index >= 15 is 0 Å². The zero-order valence-electron chi connectivity index (χ0n) is 13.8. The van der Waals surface area contributed by atoms with Crippen molar-refractivity contribution in [1.29, 1.82) is 0 Å². The van der Waals surface area contributed by atoms with Crippen molar-refractivity contribution in [3.8, 4) is 0 Å². The van der Waals surface area contributed by atoms with Crippen molar-refractivity contribution in [3.63, 3.8) is 0 Å². The first kappa shape index (κ1) is 18.5. The molecule has 0 saturated carbocycles. The molecule has 0 bridgehead atoms. The summed E-state index contributed by atoms with van der Waals surface area (Å²) in [5.41, 5.74) is 4.99. The van der Waals surface area contributed by atoms with Gasteiger partial charge in [0.2, 0.25) is 0 Å². The maximum Gasteiger partial charge on any atom is 0.0705 e. The van der Waals surface area contributed by atoms with Crippen LogP contribution in [0.2, 0.25) is 5.02 Å². The molecule has 1 aromatic heterocycles. The number of nitrogens with one attached hydrogen (secondary N) is 1. The third-order valence-corrected chi connectivity index (χ3v) is 6.07. The van der Waals surface area contributed by atoms with Crippen LogP contribution >= 0.6 is 35.8 Å². The number of halogens is 2. The zero-order chi connectivity index (χ0) is 16.4. The molecule has 1 aliphatic heterocycles. The van der Waals surface area contributed by atoms with E-state index < -0.39 is 0 Å². The molecule has 1 N–H and O–H groups in total. The van der Waals surface area contributed by atoms with E-state index in [1.807, 2.05) is 30.0 Å². The van der Waals surface area contributed by atoms with Crippen LogP contribution in [0.15, 0.2) is 53.4 Å². The number of rotatable bonds is 3. The minimum Gasteiger partial charge on any atom is -0.316 e. The molecule has 0 saturated heterocycles. The molecule has 0 radical (unpaired) electrons. The van der Waals surface area contributed by atoms with Crippen molar-refractivity contribution >= 4 is 46.7 Å². The first-order valence-corrected chi connectivity index (χ1v) is 9.66. The Morgan fingerprint density at radius 2 is 1.84 bits per heavy atom. The van der Waals surface area contributed by atoms with Gasteiger partial charge in [-0.2, -0.15) is 0 Å². The van der Waals surface area contributed by atoms with Crippen LogP contribution in [0.4, 0.5) is 0 Å². The molecular weight excluding hydrogens is 371 g/mol. The van der Waals surface area contributed by atoms with Gasteiger partial charge in [0.25, 0.3) is 0 Å². The molecule has 2 heterocycles. The van der Waals surface area contributed by atoms with Crippen molar-refractivity contribution < 1.29 is 0 Å². The molecular formula is C20H20Cl2N2S. The normalized spacial score (nSPS) is 13.8. The summed E-state index contributed by atoms with van der Waals surface area (Å²) in [7, 11) is 0. The Balaban J connectivity index is 0.00000182. The van der Waals surface area contributed by atoms with E-state index in [1.54, 1.807) is 0 Å². The second-order valence-corrected chi connectivity index (χ2v) is 7.44. The number of nitrogens with zero attached hydrogens (tertiary/aromatic N) is 1. The van der Waals surface area contributed by atoms with Gasteiger partial charge in [0.05, 0.1) is 16.2 Å². The van der Waals surface area contributed by atoms with Crippen LogP contribution in [0.3, 0.4) is 0 Å². The van der Waals surface area contributed by atoms with Crippen LogP contribution in [0.25, 0.3) is 10.9 Å². The standard InChI is InChI=1S/C20H19ClN2S.ClH/c21-18-8-6-14-9-11-22-12-10-17(14)20(18)24-13-16-7-5-15-3-1-2-4-19(15)23-16;/h1-8,22H,9-13H2;1H. The number of fused-ring (bicyclic) bond motifs is 2. The quantitative estimate of drug-likeness (QED) is 0.614. The monoisotopic (exact) mass is 390 g/mol. The van der Waals surface area contributed by atoms with Crippen molar-refractivity contribution in [3.05, 3.63) is 70.4 Å². The molecule has 0 unspecified atom stereocenters. The summed E-state index contributed by atoms with van der Waals surface area (Å²) in [6, 6.07) is 16.7. The molecule has 1 aliphatic rings. The van der Waals surface area contributed by atoms with Gasteiger partial charge >= 0.3 is 0 Å². The maximum absolute atomic E-state index is 6.51. The lowest BCUT2D eigenvalue weighted by molar-refractivity contribution is 0.709. The van der Waals surface area contributed by atoms with Gasteiger partial charge in [-0.1, -0.05) is 41.9 Å². The summed E-state index contributed by atoms with van der Waals surface area (Å²) < 4.78 is 0. The Kier molecular flexibility index (Phi) is 6.24. The fourth-order valence-electron chi connectivity index (χ4n) is 3.20. The average molecular weight is 391 g/mol. The Morgan fingerprint density at radius 3 is 2.76 bits per heavy atom. The van der Waals surface area contributed by atoms with Gasteiger partial charge in [-0.25, -0.2) is 0 Å². The number of hydrogen-bond donors (Lipinski definition) is 1. The highest BCUT2D eigenvalue weighted by molar-refractivity contribution is 7.98. The van der Waals surface area contributed by atoms with E-state index in [4.69, 9.17) is 16.6 Å². The SMILES string of the molecule is Cl.Clc1ccc2c(c1SCc1ccc3ccccc3n1)CCNCC2. The Morgan fingerprint density at radius 1 is 1.00 bits per heavy atom. The molecule has 0 spiro atoms. The van der Waals surface area contributed by atoms with Crippen molar-refractivity contribution in [2.75, 3.05) is 13.1 Å². The number of hydrogen-bond acceptors (Lipinski definition) is 3. The van der Waals surface area contributed by atoms with E-state index in [-0.39, 0.29) is 12.4 Å². The first-order valence-electron chi connectivity index (χ1n) is 8.30. The number of aromatic nitrogens is 1. The predicted octanol–water partition coefficient (Wildman–Crippen LogP) is 5.29. The van der Waals surface area contributed by atoms with Gasteiger partial charge in [-0.05, 0) is 55.3 Å². The minimum atomic E-state index is 0. The highest BCUT2D eigenvalue weighted by atomic mass is 35.5. The van der Waals surface area contributed by atoms with Gasteiger partial charge in [-0.3, -0.25) is 4.98 Å². The average Bonchev–Trinajstić information content (AvgIpc) is 2.86. The summed E-state index contributed by atoms with van der Waals surface area (Å²) in [5, 5.41) is 5.52. The van der Waals surface area contributed by atoms with E-state index in [1.165, 1.54) is 21.4 Å². The zero-order valence-corrected chi connectivity index (χ0v) is 16.2. The minimum absolute atomic E-state index is 0. The molecule has 0 atom stereocenters. The van der Waals surface area contributed by atoms with Crippen LogP contribution in [0.5, 0.6) is 0 Å². The Hall–Kier alpha value is -1.26. The second kappa shape index (κ2) is 8.41. The molecule has 2 aromatic carbocycles. The molecule has 2 nitrogen and oxygen atoms in total. The van der Waals surface area contributed by atoms with Gasteiger partial charge in [0.15, 0.2) is 0 Å². The van der Waals surface area contributed by atoms with Crippen LogP contribution in [-0.4, -0.2) is 18.1 Å². The summed E-state index contributed by atoms with van der Waals surface area (Å²) >= 11 is 8.32. The molecule has 25 heavy (non-hydrogen) atoms. The highest BCUT2D eigenvalue weighted by Crippen LogP contribution is 2.35. The van der Waals surface area contributed by atoms with Gasteiger partial charge in [0, 0.05) is 16.0 Å². The van der Waals surface area contributed by atoms with E-state index in [0.29, 0.717) is 0 Å². The van der Waals surface area contributed by atoms with Crippen LogP contribution in [0, 0.1) is 0 Å². The summed E-state index contributed by atoms with van der Waals surface area (Å²) in [5.74, 6) is 0.842. The van der Waals surface area contributed by atoms with Gasteiger partial charge in [-0.15, -0.1) is 24.2 Å². The van der Waals surface area contributed by atoms with Crippen LogP contribution < -0.4 is 5.32 Å². The summed E-state index contributed by atoms with van der Waals surface area (Å²) in [6.07, 6.45) is 2.12. The second-order valence-electron chi connectivity index (χ2n) is 6.05. The number of pyridine rings is 1. The largest absolute Gasteiger partial charge is 0.316 e. The number of benzene rings is 2. The van der Waals surface area contributed by atoms with Crippen LogP contribution in [-0.2, 0) is 18.6 Å². The van der Waals surface area contributed by atoms with Crippen molar-refractivity contribution in [1.82, 2.24) is 10.3 Å². The van der Waals surface area contributed by atoms with E-state index in [2.05, 4.69) is 35.6 Å². The first-order chi connectivity index (χ1) is 11.8. The number of para-hydroxylation sites is 1. The molecule has 0 fully saturated rings. The molecule has 5 heteroatoms. The van der Waals surface area contributed by atoms with Crippen molar-refractivity contribution in [2.45, 2.75) is 23.5 Å². The summed E-state index contributed by atoms with van der Waals surface area (Å²) in [4.78, 5) is 6.00. The molecule has 3 aromatic rings. The highest BCUT2D eigenvalue weighted by Gasteiger charge is 2.15.